The van der Waals surface area contributed by atoms with Gasteiger partial charge in [-0.2, -0.15) is 0 Å². The van der Waals surface area contributed by atoms with E-state index >= 15 is 0 Å². The molecule has 0 aliphatic heterocycles. The number of H-pyrrole nitrogens is 1. The highest BCUT2D eigenvalue weighted by Crippen LogP contribution is 2.38. The second kappa shape index (κ2) is 4.00. The summed E-state index contributed by atoms with van der Waals surface area (Å²) in [6, 6.07) is 3.17. The summed E-state index contributed by atoms with van der Waals surface area (Å²) >= 11 is 5.12. The summed E-state index contributed by atoms with van der Waals surface area (Å²) in [7, 11) is 0. The summed E-state index contributed by atoms with van der Waals surface area (Å²) in [5.74, 6) is 1.03. The molecule has 86 valence electrons. The van der Waals surface area contributed by atoms with Crippen LogP contribution in [0.1, 0.15) is 24.6 Å². The summed E-state index contributed by atoms with van der Waals surface area (Å²) in [5.41, 5.74) is 1.47. The molecule has 1 aliphatic carbocycles. The van der Waals surface area contributed by atoms with Gasteiger partial charge in [-0.05, 0) is 25.0 Å². The molecule has 0 saturated heterocycles. The van der Waals surface area contributed by atoms with E-state index < -0.39 is 0 Å². The summed E-state index contributed by atoms with van der Waals surface area (Å²) in [6.07, 6.45) is 5.08. The highest BCUT2D eigenvalue weighted by Gasteiger charge is 2.26. The maximum absolute atomic E-state index is 13.1. The first kappa shape index (κ1) is 10.5. The SMILES string of the molecule is Fc1cncc(-c2cc(=S)nc(C3CC3)[nH]2)c1. The Hall–Kier alpha value is -1.62. The first-order valence-corrected chi connectivity index (χ1v) is 5.85. The fourth-order valence-electron chi connectivity index (χ4n) is 1.74. The predicted octanol–water partition coefficient (Wildman–Crippen LogP) is 3.22. The molecule has 1 saturated carbocycles. The lowest BCUT2D eigenvalue weighted by molar-refractivity contribution is 0.622. The van der Waals surface area contributed by atoms with Gasteiger partial charge in [0.15, 0.2) is 0 Å². The highest BCUT2D eigenvalue weighted by atomic mass is 32.1. The molecule has 1 aliphatic rings. The zero-order chi connectivity index (χ0) is 11.8. The van der Waals surface area contributed by atoms with E-state index in [0.29, 0.717) is 16.1 Å². The van der Waals surface area contributed by atoms with Crippen LogP contribution in [0.15, 0.2) is 24.5 Å². The van der Waals surface area contributed by atoms with E-state index in [4.69, 9.17) is 12.2 Å². The molecule has 2 heterocycles. The van der Waals surface area contributed by atoms with E-state index in [-0.39, 0.29) is 5.82 Å². The van der Waals surface area contributed by atoms with Crippen molar-refractivity contribution in [1.29, 1.82) is 0 Å². The van der Waals surface area contributed by atoms with Crippen molar-refractivity contribution < 1.29 is 4.39 Å². The van der Waals surface area contributed by atoms with Gasteiger partial charge in [0.25, 0.3) is 0 Å². The van der Waals surface area contributed by atoms with Crippen LogP contribution in [0.5, 0.6) is 0 Å². The summed E-state index contributed by atoms with van der Waals surface area (Å²) in [6.45, 7) is 0. The molecule has 1 fully saturated rings. The molecule has 2 aromatic rings. The molecule has 0 atom stereocenters. The van der Waals surface area contributed by atoms with Gasteiger partial charge in [0.2, 0.25) is 0 Å². The summed E-state index contributed by atoms with van der Waals surface area (Å²) in [4.78, 5) is 11.3. The van der Waals surface area contributed by atoms with Gasteiger partial charge in [-0.15, -0.1) is 0 Å². The Morgan fingerprint density at radius 3 is 2.82 bits per heavy atom. The van der Waals surface area contributed by atoms with Crippen LogP contribution in [-0.2, 0) is 0 Å². The molecule has 0 bridgehead atoms. The molecular weight excluding hydrogens is 237 g/mol. The average molecular weight is 247 g/mol. The summed E-state index contributed by atoms with van der Waals surface area (Å²) < 4.78 is 13.6. The minimum absolute atomic E-state index is 0.355. The van der Waals surface area contributed by atoms with Crippen LogP contribution in [-0.4, -0.2) is 15.0 Å². The van der Waals surface area contributed by atoms with E-state index in [2.05, 4.69) is 15.0 Å². The molecule has 17 heavy (non-hydrogen) atoms. The number of halogens is 1. The van der Waals surface area contributed by atoms with Crippen LogP contribution < -0.4 is 0 Å². The third kappa shape index (κ3) is 2.24. The molecule has 3 rings (SSSR count). The van der Waals surface area contributed by atoms with Gasteiger partial charge in [0.05, 0.1) is 11.9 Å². The van der Waals surface area contributed by atoms with E-state index in [0.717, 1.165) is 24.4 Å². The van der Waals surface area contributed by atoms with E-state index in [1.807, 2.05) is 0 Å². The Balaban J connectivity index is 2.10. The second-order valence-corrected chi connectivity index (χ2v) is 4.60. The Labute approximate surface area is 103 Å². The molecule has 0 spiro atoms. The molecule has 5 heteroatoms. The van der Waals surface area contributed by atoms with Crippen molar-refractivity contribution >= 4 is 12.2 Å². The van der Waals surface area contributed by atoms with Gasteiger partial charge in [0.1, 0.15) is 16.3 Å². The lowest BCUT2D eigenvalue weighted by atomic mass is 10.2. The number of nitrogens with zero attached hydrogens (tertiary/aromatic N) is 2. The maximum atomic E-state index is 13.1. The molecule has 1 N–H and O–H groups in total. The van der Waals surface area contributed by atoms with Gasteiger partial charge in [0, 0.05) is 17.7 Å². The minimum Gasteiger partial charge on any atom is -0.343 e. The van der Waals surface area contributed by atoms with Crippen LogP contribution in [0, 0.1) is 10.5 Å². The standard InChI is InChI=1S/C12H10FN3S/c13-9-3-8(5-14-6-9)10-4-11(17)16-12(15-10)7-1-2-7/h3-7H,1-2H2,(H,15,16,17). The molecule has 0 radical (unpaired) electrons. The topological polar surface area (TPSA) is 41.6 Å². The maximum Gasteiger partial charge on any atom is 0.142 e. The molecular formula is C12H10FN3S. The van der Waals surface area contributed by atoms with Crippen LogP contribution in [0.3, 0.4) is 0 Å². The Morgan fingerprint density at radius 2 is 2.12 bits per heavy atom. The van der Waals surface area contributed by atoms with E-state index in [9.17, 15) is 4.39 Å². The third-order valence-electron chi connectivity index (χ3n) is 2.74. The predicted molar refractivity (Wildman–Crippen MR) is 64.6 cm³/mol. The fraction of sp³-hybridized carbons (Fsp3) is 0.250. The van der Waals surface area contributed by atoms with Crippen LogP contribution in [0.25, 0.3) is 11.3 Å². The van der Waals surface area contributed by atoms with Crippen molar-refractivity contribution in [3.05, 3.63) is 40.8 Å². The number of hydrogen-bond acceptors (Lipinski definition) is 3. The molecule has 0 unspecified atom stereocenters. The normalized spacial score (nSPS) is 14.9. The lowest BCUT2D eigenvalue weighted by Crippen LogP contribution is -1.96. The number of aromatic amines is 1. The van der Waals surface area contributed by atoms with Crippen LogP contribution in [0.4, 0.5) is 4.39 Å². The quantitative estimate of drug-likeness (QED) is 0.828. The van der Waals surface area contributed by atoms with Crippen LogP contribution >= 0.6 is 12.2 Å². The van der Waals surface area contributed by atoms with Crippen molar-refractivity contribution in [2.24, 2.45) is 0 Å². The van der Waals surface area contributed by atoms with Gasteiger partial charge >= 0.3 is 0 Å². The number of pyridine rings is 1. The Kier molecular flexibility index (Phi) is 2.48. The smallest absolute Gasteiger partial charge is 0.142 e. The number of rotatable bonds is 2. The molecule has 3 nitrogen and oxygen atoms in total. The van der Waals surface area contributed by atoms with E-state index in [1.54, 1.807) is 12.3 Å². The average Bonchev–Trinajstić information content (AvgIpc) is 3.12. The largest absolute Gasteiger partial charge is 0.343 e. The number of nitrogens with one attached hydrogen (secondary N) is 1. The summed E-state index contributed by atoms with van der Waals surface area (Å²) in [5, 5.41) is 0. The Bertz CT molecular complexity index is 619. The van der Waals surface area contributed by atoms with Crippen LogP contribution in [0.2, 0.25) is 0 Å². The minimum atomic E-state index is -0.355. The van der Waals surface area contributed by atoms with Crippen molar-refractivity contribution in [1.82, 2.24) is 15.0 Å². The third-order valence-corrected chi connectivity index (χ3v) is 2.95. The highest BCUT2D eigenvalue weighted by molar-refractivity contribution is 7.71. The first-order chi connectivity index (χ1) is 8.22. The Morgan fingerprint density at radius 1 is 1.29 bits per heavy atom. The number of aromatic nitrogens is 3. The lowest BCUT2D eigenvalue weighted by Gasteiger charge is -2.04. The van der Waals surface area contributed by atoms with E-state index in [1.165, 1.54) is 12.3 Å². The van der Waals surface area contributed by atoms with Gasteiger partial charge in [-0.25, -0.2) is 9.37 Å². The van der Waals surface area contributed by atoms with Gasteiger partial charge < -0.3 is 4.98 Å². The van der Waals surface area contributed by atoms with Crippen molar-refractivity contribution in [2.75, 3.05) is 0 Å². The fourth-order valence-corrected chi connectivity index (χ4v) is 1.96. The number of hydrogen-bond donors (Lipinski definition) is 1. The first-order valence-electron chi connectivity index (χ1n) is 5.44. The molecule has 0 aromatic carbocycles. The zero-order valence-electron chi connectivity index (χ0n) is 8.98. The zero-order valence-corrected chi connectivity index (χ0v) is 9.80. The van der Waals surface area contributed by atoms with Crippen molar-refractivity contribution in [3.63, 3.8) is 0 Å². The molecule has 2 aromatic heterocycles. The van der Waals surface area contributed by atoms with Crippen molar-refractivity contribution in [2.45, 2.75) is 18.8 Å². The molecule has 0 amide bonds. The van der Waals surface area contributed by atoms with Gasteiger partial charge in [-0.3, -0.25) is 4.98 Å². The monoisotopic (exact) mass is 247 g/mol. The second-order valence-electron chi connectivity index (χ2n) is 4.18. The van der Waals surface area contributed by atoms with Crippen molar-refractivity contribution in [3.8, 4) is 11.3 Å². The van der Waals surface area contributed by atoms with Gasteiger partial charge in [-0.1, -0.05) is 12.2 Å².